The number of halogens is 1. The molecule has 29 heavy (non-hydrogen) atoms. The largest absolute Gasteiger partial charge is 0.480 e. The van der Waals surface area contributed by atoms with Crippen LogP contribution in [0.3, 0.4) is 0 Å². The van der Waals surface area contributed by atoms with Crippen molar-refractivity contribution in [2.45, 2.75) is 13.1 Å². The Bertz CT molecular complexity index is 1180. The number of fused-ring (bicyclic) bond motifs is 1. The molecule has 1 saturated heterocycles. The Kier molecular flexibility index (Phi) is 5.17. The van der Waals surface area contributed by atoms with Crippen LogP contribution in [0.5, 0.6) is 0 Å². The fourth-order valence-electron chi connectivity index (χ4n) is 3.24. The van der Waals surface area contributed by atoms with Crippen molar-refractivity contribution >= 4 is 57.5 Å². The molecule has 0 saturated carbocycles. The van der Waals surface area contributed by atoms with E-state index in [9.17, 15) is 14.4 Å². The zero-order chi connectivity index (χ0) is 20.5. The van der Waals surface area contributed by atoms with E-state index in [4.69, 9.17) is 16.7 Å². The van der Waals surface area contributed by atoms with Gasteiger partial charge in [0.1, 0.15) is 6.54 Å². The van der Waals surface area contributed by atoms with E-state index >= 15 is 0 Å². The second-order valence-electron chi connectivity index (χ2n) is 6.48. The van der Waals surface area contributed by atoms with Gasteiger partial charge in [-0.3, -0.25) is 19.3 Å². The minimum atomic E-state index is -0.961. The first-order valence-electron chi connectivity index (χ1n) is 8.72. The second kappa shape index (κ2) is 7.77. The molecule has 1 aliphatic rings. The van der Waals surface area contributed by atoms with Crippen LogP contribution in [-0.2, 0) is 22.7 Å². The number of thioether (sulfide) groups is 1. The van der Waals surface area contributed by atoms with Crippen molar-refractivity contribution in [1.29, 1.82) is 0 Å². The minimum absolute atomic E-state index is 0.0997. The number of amides is 2. The van der Waals surface area contributed by atoms with Crippen molar-refractivity contribution in [2.75, 3.05) is 0 Å². The smallest absolute Gasteiger partial charge is 0.323 e. The number of carboxylic acid groups (broad SMARTS) is 1. The average molecular weight is 427 g/mol. The van der Waals surface area contributed by atoms with Crippen molar-refractivity contribution in [3.05, 3.63) is 75.8 Å². The summed E-state index contributed by atoms with van der Waals surface area (Å²) in [5.74, 6) is -1.35. The normalized spacial score (nSPS) is 15.6. The van der Waals surface area contributed by atoms with Crippen LogP contribution in [-0.4, -0.2) is 31.7 Å². The van der Waals surface area contributed by atoms with Crippen molar-refractivity contribution in [2.24, 2.45) is 0 Å². The van der Waals surface area contributed by atoms with Crippen LogP contribution in [0.15, 0.2) is 59.6 Å². The summed E-state index contributed by atoms with van der Waals surface area (Å²) in [7, 11) is 0. The van der Waals surface area contributed by atoms with E-state index in [0.717, 1.165) is 27.6 Å². The predicted octanol–water partition coefficient (Wildman–Crippen LogP) is 4.62. The molecule has 146 valence electrons. The summed E-state index contributed by atoms with van der Waals surface area (Å²) in [4.78, 5) is 37.8. The lowest BCUT2D eigenvalue weighted by molar-refractivity contribution is -0.137. The van der Waals surface area contributed by atoms with Gasteiger partial charge < -0.3 is 9.67 Å². The number of nitrogens with zero attached hydrogens (tertiary/aromatic N) is 2. The first kappa shape index (κ1) is 19.3. The maximum absolute atomic E-state index is 12.8. The number of benzene rings is 2. The fourth-order valence-corrected chi connectivity index (χ4v) is 4.27. The summed E-state index contributed by atoms with van der Waals surface area (Å²) < 4.78 is 1.61. The van der Waals surface area contributed by atoms with Crippen LogP contribution in [0.25, 0.3) is 17.0 Å². The molecule has 0 radical (unpaired) electrons. The molecule has 6 nitrogen and oxygen atoms in total. The molecule has 1 aliphatic heterocycles. The molecule has 4 rings (SSSR count). The maximum Gasteiger partial charge on any atom is 0.323 e. The van der Waals surface area contributed by atoms with Crippen LogP contribution < -0.4 is 0 Å². The van der Waals surface area contributed by atoms with E-state index in [1.54, 1.807) is 41.1 Å². The van der Waals surface area contributed by atoms with E-state index < -0.39 is 11.9 Å². The maximum atomic E-state index is 12.8. The van der Waals surface area contributed by atoms with Gasteiger partial charge in [0.25, 0.3) is 11.1 Å². The van der Waals surface area contributed by atoms with Crippen molar-refractivity contribution in [1.82, 2.24) is 9.47 Å². The number of aliphatic carboxylic acids is 1. The first-order valence-corrected chi connectivity index (χ1v) is 9.92. The Morgan fingerprint density at radius 1 is 1.10 bits per heavy atom. The Morgan fingerprint density at radius 3 is 2.59 bits per heavy atom. The van der Waals surface area contributed by atoms with Crippen molar-refractivity contribution in [3.63, 3.8) is 0 Å². The number of imide groups is 1. The molecule has 2 heterocycles. The summed E-state index contributed by atoms with van der Waals surface area (Å²) in [6, 6.07) is 14.4. The number of hydrogen-bond donors (Lipinski definition) is 1. The molecule has 2 amide bonds. The quantitative estimate of drug-likeness (QED) is 0.602. The number of carbonyl (C=O) groups is 3. The highest BCUT2D eigenvalue weighted by Gasteiger charge is 2.35. The van der Waals surface area contributed by atoms with Crippen LogP contribution in [0.2, 0.25) is 5.02 Å². The van der Waals surface area contributed by atoms with Gasteiger partial charge in [-0.1, -0.05) is 48.0 Å². The Balaban J connectivity index is 1.67. The van der Waals surface area contributed by atoms with Gasteiger partial charge in [-0.2, -0.15) is 0 Å². The van der Waals surface area contributed by atoms with Gasteiger partial charge in [-0.15, -0.1) is 0 Å². The Labute approximate surface area is 175 Å². The van der Waals surface area contributed by atoms with Crippen molar-refractivity contribution < 1.29 is 19.5 Å². The number of hydrogen-bond acceptors (Lipinski definition) is 4. The second-order valence-corrected chi connectivity index (χ2v) is 7.88. The number of para-hydroxylation sites is 1. The zero-order valence-electron chi connectivity index (χ0n) is 15.0. The van der Waals surface area contributed by atoms with E-state index in [1.807, 2.05) is 24.3 Å². The SMILES string of the molecule is O=C(O)Cn1cc(/C=C2\SC(=O)N(Cc3ccccc3Cl)C2=O)c2ccccc21. The molecule has 2 aromatic carbocycles. The van der Waals surface area contributed by atoms with Crippen molar-refractivity contribution in [3.8, 4) is 0 Å². The first-order chi connectivity index (χ1) is 13.9. The average Bonchev–Trinajstić information content (AvgIpc) is 3.15. The van der Waals surface area contributed by atoms with Crippen LogP contribution >= 0.6 is 23.4 Å². The van der Waals surface area contributed by atoms with Crippen LogP contribution in [0.4, 0.5) is 4.79 Å². The van der Waals surface area contributed by atoms with Crippen LogP contribution in [0, 0.1) is 0 Å². The van der Waals surface area contributed by atoms with Gasteiger partial charge in [0.15, 0.2) is 0 Å². The number of aromatic nitrogens is 1. The fraction of sp³-hybridized carbons (Fsp3) is 0.0952. The number of rotatable bonds is 5. The molecule has 0 atom stereocenters. The summed E-state index contributed by atoms with van der Waals surface area (Å²) >= 11 is 7.02. The third-order valence-corrected chi connectivity index (χ3v) is 5.85. The van der Waals surface area contributed by atoms with E-state index in [0.29, 0.717) is 21.1 Å². The molecule has 1 aromatic heterocycles. The number of carbonyl (C=O) groups excluding carboxylic acids is 2. The molecular formula is C21H15ClN2O4S. The van der Waals surface area contributed by atoms with Gasteiger partial charge in [0, 0.05) is 27.7 Å². The van der Waals surface area contributed by atoms with Gasteiger partial charge in [-0.25, -0.2) is 0 Å². The Morgan fingerprint density at radius 2 is 1.83 bits per heavy atom. The third kappa shape index (κ3) is 3.79. The molecule has 3 aromatic rings. The number of carboxylic acids is 1. The van der Waals surface area contributed by atoms with E-state index in [-0.39, 0.29) is 18.3 Å². The molecule has 0 spiro atoms. The molecule has 0 unspecified atom stereocenters. The van der Waals surface area contributed by atoms with E-state index in [1.165, 1.54) is 0 Å². The van der Waals surface area contributed by atoms with Gasteiger partial charge in [0.2, 0.25) is 0 Å². The lowest BCUT2D eigenvalue weighted by Gasteiger charge is -2.13. The highest BCUT2D eigenvalue weighted by Crippen LogP contribution is 2.35. The molecule has 0 bridgehead atoms. The topological polar surface area (TPSA) is 79.6 Å². The summed E-state index contributed by atoms with van der Waals surface area (Å²) in [6.07, 6.45) is 3.32. The highest BCUT2D eigenvalue weighted by atomic mass is 35.5. The van der Waals surface area contributed by atoms with E-state index in [2.05, 4.69) is 0 Å². The molecule has 1 N–H and O–H groups in total. The monoisotopic (exact) mass is 426 g/mol. The summed E-state index contributed by atoms with van der Waals surface area (Å²) in [5.41, 5.74) is 2.12. The summed E-state index contributed by atoms with van der Waals surface area (Å²) in [6.45, 7) is -0.0925. The lowest BCUT2D eigenvalue weighted by Crippen LogP contribution is -2.27. The molecule has 1 fully saturated rings. The van der Waals surface area contributed by atoms with Gasteiger partial charge in [-0.05, 0) is 35.5 Å². The van der Waals surface area contributed by atoms with Gasteiger partial charge >= 0.3 is 5.97 Å². The predicted molar refractivity (Wildman–Crippen MR) is 113 cm³/mol. The molecule has 0 aliphatic carbocycles. The molecule has 8 heteroatoms. The summed E-state index contributed by atoms with van der Waals surface area (Å²) in [5, 5.41) is 10.1. The minimum Gasteiger partial charge on any atom is -0.480 e. The highest BCUT2D eigenvalue weighted by molar-refractivity contribution is 8.18. The lowest BCUT2D eigenvalue weighted by atomic mass is 10.1. The molecular weight excluding hydrogens is 412 g/mol. The zero-order valence-corrected chi connectivity index (χ0v) is 16.6. The third-order valence-electron chi connectivity index (χ3n) is 4.57. The standard InChI is InChI=1S/C21H15ClN2O4S/c22-16-7-3-1-5-13(16)11-24-20(27)18(29-21(24)28)9-14-10-23(12-19(25)26)17-8-4-2-6-15(14)17/h1-10H,11-12H2,(H,25,26)/b18-9-. The van der Waals surface area contributed by atoms with Crippen LogP contribution in [0.1, 0.15) is 11.1 Å². The Hall–Kier alpha value is -3.03. The van der Waals surface area contributed by atoms with Gasteiger partial charge in [0.05, 0.1) is 11.4 Å².